The highest BCUT2D eigenvalue weighted by molar-refractivity contribution is 4.99. The van der Waals surface area contributed by atoms with Crippen molar-refractivity contribution in [3.8, 4) is 0 Å². The van der Waals surface area contributed by atoms with Crippen molar-refractivity contribution >= 4 is 0 Å². The van der Waals surface area contributed by atoms with Gasteiger partial charge in [-0.25, -0.2) is 0 Å². The van der Waals surface area contributed by atoms with Crippen LogP contribution in [0.5, 0.6) is 0 Å². The number of aryl methyl sites for hydroxylation is 1. The van der Waals surface area contributed by atoms with E-state index in [1.165, 1.54) is 31.5 Å². The lowest BCUT2D eigenvalue weighted by Gasteiger charge is -2.31. The minimum atomic E-state index is 0.643. The van der Waals surface area contributed by atoms with E-state index in [0.717, 1.165) is 18.8 Å². The first-order chi connectivity index (χ1) is 9.13. The van der Waals surface area contributed by atoms with Crippen LogP contribution in [-0.4, -0.2) is 40.4 Å². The molecule has 19 heavy (non-hydrogen) atoms. The summed E-state index contributed by atoms with van der Waals surface area (Å²) < 4.78 is 1.86. The number of hydrogen-bond acceptors (Lipinski definition) is 3. The number of nitrogens with zero attached hydrogens (tertiary/aromatic N) is 3. The summed E-state index contributed by atoms with van der Waals surface area (Å²) in [5.41, 5.74) is 2.55. The van der Waals surface area contributed by atoms with Crippen molar-refractivity contribution in [1.29, 1.82) is 0 Å². The monoisotopic (exact) mass is 262 g/mol. The van der Waals surface area contributed by atoms with Crippen LogP contribution < -0.4 is 5.32 Å². The van der Waals surface area contributed by atoms with E-state index < -0.39 is 0 Å². The molecule has 1 aliphatic heterocycles. The second-order valence-corrected chi connectivity index (χ2v) is 5.72. The van der Waals surface area contributed by atoms with Crippen LogP contribution in [0.3, 0.4) is 0 Å². The van der Waals surface area contributed by atoms with Crippen molar-refractivity contribution in [1.82, 2.24) is 20.0 Å². The Bertz CT molecular complexity index is 410. The third-order valence-corrected chi connectivity index (χ3v) is 3.69. The van der Waals surface area contributed by atoms with Gasteiger partial charge in [-0.3, -0.25) is 9.58 Å². The fraction of sp³-hybridized carbons (Fsp3) is 0.667. The number of hydrogen-bond donors (Lipinski definition) is 1. The third-order valence-electron chi connectivity index (χ3n) is 3.69. The molecule has 1 saturated heterocycles. The Balaban J connectivity index is 1.67. The van der Waals surface area contributed by atoms with E-state index in [-0.39, 0.29) is 0 Å². The van der Waals surface area contributed by atoms with Crippen molar-refractivity contribution in [2.75, 3.05) is 19.6 Å². The lowest BCUT2D eigenvalue weighted by atomic mass is 10.0. The maximum atomic E-state index is 4.39. The van der Waals surface area contributed by atoms with Crippen LogP contribution in [0.25, 0.3) is 0 Å². The van der Waals surface area contributed by atoms with Crippen molar-refractivity contribution in [2.45, 2.75) is 39.3 Å². The van der Waals surface area contributed by atoms with Gasteiger partial charge in [-0.05, 0) is 45.8 Å². The molecular weight excluding hydrogens is 236 g/mol. The van der Waals surface area contributed by atoms with E-state index in [9.17, 15) is 0 Å². The first kappa shape index (κ1) is 14.3. The molecule has 0 amide bonds. The summed E-state index contributed by atoms with van der Waals surface area (Å²) in [6.45, 7) is 8.73. The number of piperidine rings is 1. The Morgan fingerprint density at radius 1 is 1.42 bits per heavy atom. The summed E-state index contributed by atoms with van der Waals surface area (Å²) in [6, 6.07) is 2.72. The van der Waals surface area contributed by atoms with Gasteiger partial charge >= 0.3 is 0 Å². The highest BCUT2D eigenvalue weighted by Crippen LogP contribution is 2.11. The van der Waals surface area contributed by atoms with Crippen LogP contribution >= 0.6 is 0 Å². The predicted octanol–water partition coefficient (Wildman–Crippen LogP) is 1.94. The van der Waals surface area contributed by atoms with Gasteiger partial charge < -0.3 is 5.32 Å². The van der Waals surface area contributed by atoms with E-state index >= 15 is 0 Å². The molecule has 0 unspecified atom stereocenters. The molecule has 0 bridgehead atoms. The van der Waals surface area contributed by atoms with E-state index in [2.05, 4.69) is 41.3 Å². The average Bonchev–Trinajstić information content (AvgIpc) is 2.81. The van der Waals surface area contributed by atoms with Gasteiger partial charge in [-0.15, -0.1) is 0 Å². The molecular formula is C15H26N4. The standard InChI is InChI=1S/C15H26N4/c1-13(2)4-9-19-10-6-14(7-11-19)16-12-15-5-8-18(3)17-15/h4-5,8,14,16H,6-7,9-12H2,1-3H3. The molecule has 0 saturated carbocycles. The van der Waals surface area contributed by atoms with Crippen LogP contribution in [0.4, 0.5) is 0 Å². The zero-order valence-corrected chi connectivity index (χ0v) is 12.4. The second kappa shape index (κ2) is 6.87. The van der Waals surface area contributed by atoms with Gasteiger partial charge in [0.05, 0.1) is 5.69 Å². The molecule has 1 aliphatic rings. The van der Waals surface area contributed by atoms with Crippen LogP contribution in [0.1, 0.15) is 32.4 Å². The van der Waals surface area contributed by atoms with Crippen LogP contribution in [0, 0.1) is 0 Å². The van der Waals surface area contributed by atoms with E-state index in [1.807, 2.05) is 17.9 Å². The fourth-order valence-electron chi connectivity index (χ4n) is 2.44. The molecule has 0 radical (unpaired) electrons. The van der Waals surface area contributed by atoms with Crippen molar-refractivity contribution in [3.63, 3.8) is 0 Å². The molecule has 1 aromatic heterocycles. The SMILES string of the molecule is CC(C)=CCN1CCC(NCc2ccn(C)n2)CC1. The molecule has 2 rings (SSSR count). The Morgan fingerprint density at radius 3 is 2.74 bits per heavy atom. The van der Waals surface area contributed by atoms with Gasteiger partial charge in [0.25, 0.3) is 0 Å². The van der Waals surface area contributed by atoms with E-state index in [4.69, 9.17) is 0 Å². The minimum absolute atomic E-state index is 0.643. The largest absolute Gasteiger partial charge is 0.308 e. The minimum Gasteiger partial charge on any atom is -0.308 e. The first-order valence-electron chi connectivity index (χ1n) is 7.21. The van der Waals surface area contributed by atoms with Gasteiger partial charge in [0, 0.05) is 32.4 Å². The van der Waals surface area contributed by atoms with Gasteiger partial charge in [0.1, 0.15) is 0 Å². The highest BCUT2D eigenvalue weighted by Gasteiger charge is 2.17. The summed E-state index contributed by atoms with van der Waals surface area (Å²) >= 11 is 0. The highest BCUT2D eigenvalue weighted by atomic mass is 15.3. The quantitative estimate of drug-likeness (QED) is 0.823. The second-order valence-electron chi connectivity index (χ2n) is 5.72. The Hall–Kier alpha value is -1.13. The molecule has 106 valence electrons. The molecule has 0 atom stereocenters. The fourth-order valence-corrected chi connectivity index (χ4v) is 2.44. The van der Waals surface area contributed by atoms with Gasteiger partial charge in [0.2, 0.25) is 0 Å². The molecule has 1 aromatic rings. The molecule has 1 fully saturated rings. The average molecular weight is 262 g/mol. The van der Waals surface area contributed by atoms with Gasteiger partial charge in [-0.1, -0.05) is 11.6 Å². The zero-order valence-electron chi connectivity index (χ0n) is 12.4. The summed E-state index contributed by atoms with van der Waals surface area (Å²) in [6.07, 6.45) is 6.80. The summed E-state index contributed by atoms with van der Waals surface area (Å²) in [4.78, 5) is 2.53. The van der Waals surface area contributed by atoms with Crippen LogP contribution in [0.15, 0.2) is 23.9 Å². The lowest BCUT2D eigenvalue weighted by Crippen LogP contribution is -2.42. The molecule has 0 aliphatic carbocycles. The van der Waals surface area contributed by atoms with E-state index in [0.29, 0.717) is 6.04 Å². The van der Waals surface area contributed by atoms with Crippen LogP contribution in [0.2, 0.25) is 0 Å². The lowest BCUT2D eigenvalue weighted by molar-refractivity contribution is 0.214. The number of nitrogens with one attached hydrogen (secondary N) is 1. The summed E-state index contributed by atoms with van der Waals surface area (Å²) in [7, 11) is 1.96. The summed E-state index contributed by atoms with van der Waals surface area (Å²) in [5.74, 6) is 0. The Morgan fingerprint density at radius 2 is 2.16 bits per heavy atom. The number of likely N-dealkylation sites (tertiary alicyclic amines) is 1. The number of aromatic nitrogens is 2. The third kappa shape index (κ3) is 4.80. The molecule has 0 aromatic carbocycles. The predicted molar refractivity (Wildman–Crippen MR) is 78.9 cm³/mol. The maximum absolute atomic E-state index is 4.39. The van der Waals surface area contributed by atoms with Crippen LogP contribution in [-0.2, 0) is 13.6 Å². The topological polar surface area (TPSA) is 33.1 Å². The smallest absolute Gasteiger partial charge is 0.0762 e. The van der Waals surface area contributed by atoms with E-state index in [1.54, 1.807) is 0 Å². The molecule has 4 nitrogen and oxygen atoms in total. The zero-order chi connectivity index (χ0) is 13.7. The van der Waals surface area contributed by atoms with Crippen molar-refractivity contribution in [2.24, 2.45) is 7.05 Å². The molecule has 1 N–H and O–H groups in total. The molecule has 0 spiro atoms. The Kier molecular flexibility index (Phi) is 5.16. The normalized spacial score (nSPS) is 17.6. The first-order valence-corrected chi connectivity index (χ1v) is 7.21. The molecule has 2 heterocycles. The number of rotatable bonds is 5. The van der Waals surface area contributed by atoms with Crippen molar-refractivity contribution < 1.29 is 0 Å². The van der Waals surface area contributed by atoms with Crippen molar-refractivity contribution in [3.05, 3.63) is 29.6 Å². The van der Waals surface area contributed by atoms with Gasteiger partial charge in [-0.2, -0.15) is 5.10 Å². The number of allylic oxidation sites excluding steroid dienone is 1. The Labute approximate surface area is 116 Å². The van der Waals surface area contributed by atoms with Gasteiger partial charge in [0.15, 0.2) is 0 Å². The maximum Gasteiger partial charge on any atom is 0.0762 e. The summed E-state index contributed by atoms with van der Waals surface area (Å²) in [5, 5.41) is 8.01. The molecule has 4 heteroatoms.